The van der Waals surface area contributed by atoms with Crippen molar-refractivity contribution in [2.24, 2.45) is 0 Å². The van der Waals surface area contributed by atoms with Crippen molar-refractivity contribution < 1.29 is 32.9 Å². The van der Waals surface area contributed by atoms with Gasteiger partial charge in [-0.2, -0.15) is 0 Å². The second-order valence-corrected chi connectivity index (χ2v) is 16.1. The number of allylic oxidation sites excluding steroid dienone is 2. The van der Waals surface area contributed by atoms with Crippen LogP contribution < -0.4 is 5.32 Å². The number of hydrogen-bond acceptors (Lipinski definition) is 5. The van der Waals surface area contributed by atoms with Crippen LogP contribution in [-0.2, 0) is 18.4 Å². The number of phosphoric acid groups is 1. The molecule has 0 aromatic rings. The van der Waals surface area contributed by atoms with Crippen molar-refractivity contribution in [3.63, 3.8) is 0 Å². The molecule has 0 bridgehead atoms. The van der Waals surface area contributed by atoms with Gasteiger partial charge in [-0.05, 0) is 38.5 Å². The Morgan fingerprint density at radius 1 is 0.702 bits per heavy atom. The lowest BCUT2D eigenvalue weighted by Crippen LogP contribution is -2.46. The molecular formula is C38H78N2O6P+. The van der Waals surface area contributed by atoms with Crippen LogP contribution in [0.5, 0.6) is 0 Å². The Bertz CT molecular complexity index is 789. The van der Waals surface area contributed by atoms with Gasteiger partial charge in [-0.3, -0.25) is 13.8 Å². The lowest BCUT2D eigenvalue weighted by atomic mass is 10.0. The number of aliphatic hydroxyl groups is 1. The van der Waals surface area contributed by atoms with Crippen LogP contribution in [0, 0.1) is 0 Å². The van der Waals surface area contributed by atoms with Gasteiger partial charge in [-0.25, -0.2) is 4.57 Å². The normalized spacial score (nSPS) is 14.8. The first kappa shape index (κ1) is 46.2. The number of aliphatic hydroxyl groups excluding tert-OH is 1. The number of nitrogens with one attached hydrogen (secondary N) is 1. The molecule has 0 aromatic carbocycles. The van der Waals surface area contributed by atoms with Crippen LogP contribution in [0.3, 0.4) is 0 Å². The van der Waals surface area contributed by atoms with Gasteiger partial charge in [0.2, 0.25) is 5.91 Å². The summed E-state index contributed by atoms with van der Waals surface area (Å²) in [6.45, 7) is 4.84. The third-order valence-corrected chi connectivity index (χ3v) is 9.75. The Morgan fingerprint density at radius 2 is 1.15 bits per heavy atom. The fourth-order valence-electron chi connectivity index (χ4n) is 5.57. The quantitative estimate of drug-likeness (QED) is 0.0265. The summed E-state index contributed by atoms with van der Waals surface area (Å²) in [6.07, 6.45) is 32.3. The zero-order valence-corrected chi connectivity index (χ0v) is 32.4. The van der Waals surface area contributed by atoms with E-state index in [9.17, 15) is 19.4 Å². The number of likely N-dealkylation sites (N-methyl/N-ethyl adjacent to an activating group) is 1. The maximum Gasteiger partial charge on any atom is 0.472 e. The van der Waals surface area contributed by atoms with Crippen LogP contribution >= 0.6 is 7.82 Å². The average molecular weight is 690 g/mol. The molecular weight excluding hydrogens is 611 g/mol. The zero-order valence-electron chi connectivity index (χ0n) is 31.5. The average Bonchev–Trinajstić information content (AvgIpc) is 3.01. The topological polar surface area (TPSA) is 105 Å². The molecule has 0 aliphatic heterocycles. The van der Waals surface area contributed by atoms with Crippen LogP contribution in [0.25, 0.3) is 0 Å². The Kier molecular flexibility index (Phi) is 30.7. The van der Waals surface area contributed by atoms with E-state index in [0.717, 1.165) is 38.5 Å². The third-order valence-electron chi connectivity index (χ3n) is 8.76. The highest BCUT2D eigenvalue weighted by Crippen LogP contribution is 2.43. The fourth-order valence-corrected chi connectivity index (χ4v) is 6.30. The van der Waals surface area contributed by atoms with E-state index in [1.54, 1.807) is 0 Å². The van der Waals surface area contributed by atoms with Gasteiger partial charge in [0.15, 0.2) is 0 Å². The number of carbonyl (C=O) groups is 1. The molecule has 0 heterocycles. The molecule has 3 N–H and O–H groups in total. The van der Waals surface area contributed by atoms with E-state index in [1.165, 1.54) is 109 Å². The van der Waals surface area contributed by atoms with Gasteiger partial charge in [-0.15, -0.1) is 0 Å². The lowest BCUT2D eigenvalue weighted by molar-refractivity contribution is -0.870. The standard InChI is InChI=1S/C38H77N2O6P/c1-6-8-10-12-14-16-18-19-20-21-22-24-26-28-30-32-38(42)39-36(35-46-47(43,44)45-34-33-40(3,4)5)37(41)31-29-27-25-23-17-15-13-11-9-7-2/h16,18,36-37,41H,6-15,17,19-35H2,1-5H3,(H-,39,42,43,44)/p+1/b18-16-. The summed E-state index contributed by atoms with van der Waals surface area (Å²) in [5.41, 5.74) is 0. The molecule has 3 unspecified atom stereocenters. The number of nitrogens with zero attached hydrogens (tertiary/aromatic N) is 1. The van der Waals surface area contributed by atoms with E-state index in [1.807, 2.05) is 21.1 Å². The first-order valence-electron chi connectivity index (χ1n) is 19.6. The molecule has 0 aromatic heterocycles. The Hall–Kier alpha value is -0.760. The molecule has 3 atom stereocenters. The number of phosphoric ester groups is 1. The van der Waals surface area contributed by atoms with E-state index >= 15 is 0 Å². The first-order chi connectivity index (χ1) is 22.5. The third kappa shape index (κ3) is 33.5. The largest absolute Gasteiger partial charge is 0.472 e. The molecule has 47 heavy (non-hydrogen) atoms. The van der Waals surface area contributed by atoms with Crippen molar-refractivity contribution in [2.45, 2.75) is 187 Å². The van der Waals surface area contributed by atoms with E-state index < -0.39 is 20.0 Å². The molecule has 9 heteroatoms. The van der Waals surface area contributed by atoms with Crippen molar-refractivity contribution >= 4 is 13.7 Å². The Labute approximate surface area is 291 Å². The summed E-state index contributed by atoms with van der Waals surface area (Å²) in [7, 11) is 1.61. The van der Waals surface area contributed by atoms with E-state index in [-0.39, 0.29) is 19.1 Å². The second-order valence-electron chi connectivity index (χ2n) is 14.7. The van der Waals surface area contributed by atoms with Crippen LogP contribution in [0.4, 0.5) is 0 Å². The number of hydrogen-bond donors (Lipinski definition) is 3. The first-order valence-corrected chi connectivity index (χ1v) is 21.0. The number of carbonyl (C=O) groups excluding carboxylic acids is 1. The summed E-state index contributed by atoms with van der Waals surface area (Å²) in [5, 5.41) is 13.8. The minimum atomic E-state index is -4.30. The molecule has 0 rings (SSSR count). The molecule has 8 nitrogen and oxygen atoms in total. The van der Waals surface area contributed by atoms with Gasteiger partial charge >= 0.3 is 7.82 Å². The highest BCUT2D eigenvalue weighted by atomic mass is 31.2. The summed E-state index contributed by atoms with van der Waals surface area (Å²) in [4.78, 5) is 23.0. The molecule has 1 amide bonds. The minimum Gasteiger partial charge on any atom is -0.391 e. The maximum absolute atomic E-state index is 12.8. The second kappa shape index (κ2) is 31.2. The van der Waals surface area contributed by atoms with E-state index in [2.05, 4.69) is 31.3 Å². The maximum atomic E-state index is 12.8. The predicted octanol–water partition coefficient (Wildman–Crippen LogP) is 10.0. The molecule has 0 saturated heterocycles. The molecule has 0 aliphatic carbocycles. The number of unbranched alkanes of at least 4 members (excludes halogenated alkanes) is 20. The summed E-state index contributed by atoms with van der Waals surface area (Å²) >= 11 is 0. The van der Waals surface area contributed by atoms with Gasteiger partial charge in [0.05, 0.1) is 39.9 Å². The lowest BCUT2D eigenvalue weighted by Gasteiger charge is -2.26. The fraction of sp³-hybridized carbons (Fsp3) is 0.921. The van der Waals surface area contributed by atoms with Crippen molar-refractivity contribution in [1.29, 1.82) is 0 Å². The predicted molar refractivity (Wildman–Crippen MR) is 198 cm³/mol. The monoisotopic (exact) mass is 690 g/mol. The van der Waals surface area contributed by atoms with Crippen molar-refractivity contribution in [2.75, 3.05) is 40.9 Å². The molecule has 0 saturated carbocycles. The van der Waals surface area contributed by atoms with Gasteiger partial charge in [0.25, 0.3) is 0 Å². The highest BCUT2D eigenvalue weighted by molar-refractivity contribution is 7.47. The number of quaternary nitrogens is 1. The Balaban J connectivity index is 4.42. The van der Waals surface area contributed by atoms with Crippen molar-refractivity contribution in [3.8, 4) is 0 Å². The molecule has 0 radical (unpaired) electrons. The summed E-state index contributed by atoms with van der Waals surface area (Å²) in [5.74, 6) is -0.152. The summed E-state index contributed by atoms with van der Waals surface area (Å²) in [6, 6.07) is -0.756. The van der Waals surface area contributed by atoms with E-state index in [0.29, 0.717) is 23.9 Å². The van der Waals surface area contributed by atoms with Crippen molar-refractivity contribution in [3.05, 3.63) is 12.2 Å². The van der Waals surface area contributed by atoms with Crippen LogP contribution in [0.1, 0.15) is 174 Å². The van der Waals surface area contributed by atoms with Crippen LogP contribution in [0.15, 0.2) is 12.2 Å². The van der Waals surface area contributed by atoms with Crippen LogP contribution in [-0.4, -0.2) is 73.4 Å². The van der Waals surface area contributed by atoms with Gasteiger partial charge < -0.3 is 19.8 Å². The molecule has 0 spiro atoms. The van der Waals surface area contributed by atoms with Crippen molar-refractivity contribution in [1.82, 2.24) is 5.32 Å². The van der Waals surface area contributed by atoms with Gasteiger partial charge in [-0.1, -0.05) is 142 Å². The van der Waals surface area contributed by atoms with Gasteiger partial charge in [0.1, 0.15) is 13.2 Å². The minimum absolute atomic E-state index is 0.0751. The number of amides is 1. The SMILES string of the molecule is CCCCCC/C=C\CCCCCCCCCC(=O)NC(COP(=O)(O)OCC[N+](C)(C)C)C(O)CCCCCCCCCCCC. The number of rotatable bonds is 35. The summed E-state index contributed by atoms with van der Waals surface area (Å²) < 4.78 is 23.5. The smallest absolute Gasteiger partial charge is 0.391 e. The molecule has 0 fully saturated rings. The zero-order chi connectivity index (χ0) is 35.1. The molecule has 280 valence electrons. The highest BCUT2D eigenvalue weighted by Gasteiger charge is 2.28. The Morgan fingerprint density at radius 3 is 1.66 bits per heavy atom. The van der Waals surface area contributed by atoms with E-state index in [4.69, 9.17) is 9.05 Å². The molecule has 0 aliphatic rings. The van der Waals surface area contributed by atoms with Gasteiger partial charge in [0, 0.05) is 6.42 Å². The van der Waals surface area contributed by atoms with Crippen LogP contribution in [0.2, 0.25) is 0 Å².